The molecule has 8 heteroatoms. The van der Waals surface area contributed by atoms with Gasteiger partial charge in [-0.15, -0.1) is 0 Å². The average Bonchev–Trinajstić information content (AvgIpc) is 2.95. The van der Waals surface area contributed by atoms with E-state index in [9.17, 15) is 9.59 Å². The summed E-state index contributed by atoms with van der Waals surface area (Å²) in [7, 11) is 1.75. The molecule has 0 fully saturated rings. The summed E-state index contributed by atoms with van der Waals surface area (Å²) in [5, 5.41) is 18.5. The Balaban J connectivity index is 1.73. The molecule has 29 heavy (non-hydrogen) atoms. The van der Waals surface area contributed by atoms with Crippen LogP contribution in [0.2, 0.25) is 5.02 Å². The summed E-state index contributed by atoms with van der Waals surface area (Å²) in [6.07, 6.45) is -0.602. The second-order valence-corrected chi connectivity index (χ2v) is 7.35. The van der Waals surface area contributed by atoms with Crippen molar-refractivity contribution in [2.75, 3.05) is 7.05 Å². The monoisotopic (exact) mass is 415 g/mol. The summed E-state index contributed by atoms with van der Waals surface area (Å²) < 4.78 is 6.00. The molecular formula is C21H22ClN3O4. The maximum Gasteiger partial charge on any atom is 0.335 e. The topological polar surface area (TPSA) is 91.2 Å². The molecule has 0 radical (unpaired) electrons. The number of carbonyl (C=O) groups is 2. The van der Waals surface area contributed by atoms with Crippen LogP contribution in [0.15, 0.2) is 53.6 Å². The highest BCUT2D eigenvalue weighted by Gasteiger charge is 2.41. The molecular weight excluding hydrogens is 394 g/mol. The van der Waals surface area contributed by atoms with Gasteiger partial charge in [-0.25, -0.2) is 4.79 Å². The van der Waals surface area contributed by atoms with E-state index in [0.717, 1.165) is 5.56 Å². The third-order valence-electron chi connectivity index (χ3n) is 4.77. The molecule has 1 aliphatic rings. The van der Waals surface area contributed by atoms with Gasteiger partial charge in [-0.05, 0) is 49.7 Å². The van der Waals surface area contributed by atoms with E-state index < -0.39 is 18.1 Å². The number of carbonyl (C=O) groups excluding carboxylic acids is 1. The van der Waals surface area contributed by atoms with Gasteiger partial charge in [0.15, 0.2) is 0 Å². The van der Waals surface area contributed by atoms with Crippen LogP contribution in [0.3, 0.4) is 0 Å². The molecule has 2 N–H and O–H groups in total. The molecule has 1 aliphatic heterocycles. The average molecular weight is 416 g/mol. The molecule has 1 heterocycles. The van der Waals surface area contributed by atoms with Crippen molar-refractivity contribution in [3.05, 3.63) is 64.7 Å². The summed E-state index contributed by atoms with van der Waals surface area (Å²) in [5.41, 5.74) is 1.64. The number of carboxylic acids is 1. The number of amides is 1. The van der Waals surface area contributed by atoms with Crippen molar-refractivity contribution < 1.29 is 19.4 Å². The molecule has 1 amide bonds. The Hall–Kier alpha value is -3.06. The van der Waals surface area contributed by atoms with Crippen molar-refractivity contribution in [3.63, 3.8) is 0 Å². The first-order chi connectivity index (χ1) is 13.8. The zero-order valence-corrected chi connectivity index (χ0v) is 17.1. The highest BCUT2D eigenvalue weighted by molar-refractivity contribution is 6.30. The molecule has 3 rings (SSSR count). The molecule has 0 bridgehead atoms. The van der Waals surface area contributed by atoms with E-state index in [-0.39, 0.29) is 17.5 Å². The fraction of sp³-hybridized carbons (Fsp3) is 0.286. The van der Waals surface area contributed by atoms with Crippen molar-refractivity contribution >= 4 is 29.2 Å². The Kier molecular flexibility index (Phi) is 6.08. The lowest BCUT2D eigenvalue weighted by Crippen LogP contribution is -2.45. The number of hydrazone groups is 1. The van der Waals surface area contributed by atoms with Gasteiger partial charge < -0.3 is 15.2 Å². The molecule has 0 saturated heterocycles. The van der Waals surface area contributed by atoms with Crippen molar-refractivity contribution in [2.24, 2.45) is 11.0 Å². The van der Waals surface area contributed by atoms with Gasteiger partial charge in [0.25, 0.3) is 0 Å². The summed E-state index contributed by atoms with van der Waals surface area (Å²) in [6.45, 7) is 3.63. The molecule has 152 valence electrons. The number of nitrogens with zero attached hydrogens (tertiary/aromatic N) is 2. The standard InChI is InChI=1S/C21H22ClN3O4/c1-12(14-7-9-15(10-8-14)21(27)28)23-19(26)18-13(2)24-25(3)20(18)29-17-6-4-5-16(22)11-17/h4-12,18,20H,1-3H3,(H,23,26)(H,27,28)/t12-,18?,20?/m0/s1. The van der Waals surface area contributed by atoms with Crippen LogP contribution < -0.4 is 10.1 Å². The maximum absolute atomic E-state index is 13.0. The van der Waals surface area contributed by atoms with E-state index in [1.165, 1.54) is 12.1 Å². The number of hydrogen-bond acceptors (Lipinski definition) is 5. The molecule has 3 atom stereocenters. The number of carboxylic acid groups (broad SMARTS) is 1. The Morgan fingerprint density at radius 2 is 1.93 bits per heavy atom. The zero-order chi connectivity index (χ0) is 21.1. The number of ether oxygens (including phenoxy) is 1. The normalized spacial score (nSPS) is 19.4. The first-order valence-electron chi connectivity index (χ1n) is 9.10. The van der Waals surface area contributed by atoms with Crippen LogP contribution in [0.1, 0.15) is 35.8 Å². The highest BCUT2D eigenvalue weighted by Crippen LogP contribution is 2.27. The predicted molar refractivity (Wildman–Crippen MR) is 110 cm³/mol. The lowest BCUT2D eigenvalue weighted by atomic mass is 10.0. The Bertz CT molecular complexity index is 945. The number of hydrogen-bond donors (Lipinski definition) is 2. The number of benzene rings is 2. The van der Waals surface area contributed by atoms with E-state index in [1.807, 2.05) is 6.92 Å². The Morgan fingerprint density at radius 1 is 1.24 bits per heavy atom. The minimum Gasteiger partial charge on any atom is -0.478 e. The van der Waals surface area contributed by atoms with E-state index >= 15 is 0 Å². The third-order valence-corrected chi connectivity index (χ3v) is 5.01. The molecule has 0 aliphatic carbocycles. The maximum atomic E-state index is 13.0. The minimum atomic E-state index is -0.991. The number of halogens is 1. The van der Waals surface area contributed by atoms with Gasteiger partial charge in [0, 0.05) is 12.1 Å². The van der Waals surface area contributed by atoms with Gasteiger partial charge in [0.1, 0.15) is 11.7 Å². The molecule has 2 aromatic rings. The van der Waals surface area contributed by atoms with E-state index in [2.05, 4.69) is 10.4 Å². The fourth-order valence-corrected chi connectivity index (χ4v) is 3.41. The summed E-state index contributed by atoms with van der Waals surface area (Å²) in [6, 6.07) is 13.1. The van der Waals surface area contributed by atoms with E-state index in [4.69, 9.17) is 21.4 Å². The van der Waals surface area contributed by atoms with E-state index in [0.29, 0.717) is 16.5 Å². The van der Waals surface area contributed by atoms with Gasteiger partial charge in [-0.1, -0.05) is 29.8 Å². The minimum absolute atomic E-state index is 0.197. The predicted octanol–water partition coefficient (Wildman–Crippen LogP) is 3.56. The van der Waals surface area contributed by atoms with Crippen molar-refractivity contribution in [1.82, 2.24) is 10.3 Å². The smallest absolute Gasteiger partial charge is 0.335 e. The van der Waals surface area contributed by atoms with Crippen molar-refractivity contribution in [2.45, 2.75) is 26.1 Å². The van der Waals surface area contributed by atoms with Crippen molar-refractivity contribution in [3.8, 4) is 5.75 Å². The molecule has 7 nitrogen and oxygen atoms in total. The van der Waals surface area contributed by atoms with Gasteiger partial charge >= 0.3 is 5.97 Å². The molecule has 0 saturated carbocycles. The first kappa shape index (κ1) is 20.7. The fourth-order valence-electron chi connectivity index (χ4n) is 3.23. The van der Waals surface area contributed by atoms with Gasteiger partial charge in [0.05, 0.1) is 17.3 Å². The van der Waals surface area contributed by atoms with Crippen molar-refractivity contribution in [1.29, 1.82) is 0 Å². The van der Waals surface area contributed by atoms with Gasteiger partial charge in [0.2, 0.25) is 12.1 Å². The largest absolute Gasteiger partial charge is 0.478 e. The molecule has 2 unspecified atom stereocenters. The Labute approximate surface area is 173 Å². The number of nitrogens with one attached hydrogen (secondary N) is 1. The van der Waals surface area contributed by atoms with Crippen LogP contribution in [-0.4, -0.2) is 41.0 Å². The van der Waals surface area contributed by atoms with E-state index in [1.54, 1.807) is 55.4 Å². The summed E-state index contributed by atoms with van der Waals surface area (Å²) in [4.78, 5) is 24.0. The summed E-state index contributed by atoms with van der Waals surface area (Å²) in [5.74, 6) is -1.26. The zero-order valence-electron chi connectivity index (χ0n) is 16.3. The third kappa shape index (κ3) is 4.68. The Morgan fingerprint density at radius 3 is 2.55 bits per heavy atom. The second-order valence-electron chi connectivity index (χ2n) is 6.92. The van der Waals surface area contributed by atoms with Crippen LogP contribution in [-0.2, 0) is 4.79 Å². The van der Waals surface area contributed by atoms with Gasteiger partial charge in [-0.2, -0.15) is 5.10 Å². The van der Waals surface area contributed by atoms with Crippen LogP contribution >= 0.6 is 11.6 Å². The summed E-state index contributed by atoms with van der Waals surface area (Å²) >= 11 is 6.02. The lowest BCUT2D eigenvalue weighted by Gasteiger charge is -2.26. The lowest BCUT2D eigenvalue weighted by molar-refractivity contribution is -0.127. The van der Waals surface area contributed by atoms with Crippen LogP contribution in [0.25, 0.3) is 0 Å². The molecule has 2 aromatic carbocycles. The highest BCUT2D eigenvalue weighted by atomic mass is 35.5. The van der Waals surface area contributed by atoms with Gasteiger partial charge in [-0.3, -0.25) is 9.80 Å². The molecule has 0 spiro atoms. The SMILES string of the molecule is CC1=NN(C)C(Oc2cccc(Cl)c2)C1C(=O)N[C@@H](C)c1ccc(C(=O)O)cc1. The second kappa shape index (κ2) is 8.53. The quantitative estimate of drug-likeness (QED) is 0.752. The molecule has 0 aromatic heterocycles. The number of aromatic carboxylic acids is 1. The van der Waals surface area contributed by atoms with Crippen LogP contribution in [0.4, 0.5) is 0 Å². The van der Waals surface area contributed by atoms with Crippen LogP contribution in [0.5, 0.6) is 5.75 Å². The first-order valence-corrected chi connectivity index (χ1v) is 9.48. The number of rotatable bonds is 6. The van der Waals surface area contributed by atoms with Crippen LogP contribution in [0, 0.1) is 5.92 Å².